The first kappa shape index (κ1) is 34.7. The molecule has 0 radical (unpaired) electrons. The van der Waals surface area contributed by atoms with E-state index in [1.807, 2.05) is 20.8 Å². The van der Waals surface area contributed by atoms with Gasteiger partial charge in [-0.05, 0) is 33.1 Å². The molecule has 0 saturated heterocycles. The van der Waals surface area contributed by atoms with Crippen LogP contribution in [-0.2, 0) is 29.4 Å². The molecule has 0 atom stereocenters. The van der Waals surface area contributed by atoms with Crippen LogP contribution in [0.1, 0.15) is 117 Å². The van der Waals surface area contributed by atoms with Crippen LogP contribution in [-0.4, -0.2) is 38.3 Å². The maximum Gasteiger partial charge on any atom is 0.414 e. The number of halogens is 3. The molecule has 0 unspecified atom stereocenters. The lowest BCUT2D eigenvalue weighted by Gasteiger charge is -2.20. The summed E-state index contributed by atoms with van der Waals surface area (Å²) in [6.45, 7) is 6.24. The van der Waals surface area contributed by atoms with E-state index in [-0.39, 0.29) is 12.6 Å². The second-order valence-corrected chi connectivity index (χ2v) is 11.1. The first-order valence-electron chi connectivity index (χ1n) is 13.0. The Morgan fingerprint density at radius 2 is 1.17 bits per heavy atom. The summed E-state index contributed by atoms with van der Waals surface area (Å²) in [4.78, 5) is 20.5. The van der Waals surface area contributed by atoms with E-state index in [4.69, 9.17) is 9.29 Å². The normalized spacial score (nSPS) is 13.1. The zero-order chi connectivity index (χ0) is 27.5. The van der Waals surface area contributed by atoms with Gasteiger partial charge in [0.1, 0.15) is 0 Å². The Hall–Kier alpha value is -1.33. The van der Waals surface area contributed by atoms with Gasteiger partial charge in [-0.15, -0.1) is 0 Å². The summed E-state index contributed by atoms with van der Waals surface area (Å²) in [6, 6.07) is 0. The van der Waals surface area contributed by atoms with Crippen molar-refractivity contribution in [3.8, 4) is 0 Å². The van der Waals surface area contributed by atoms with Gasteiger partial charge in [0.15, 0.2) is 0 Å². The molecule has 0 aromatic rings. The van der Waals surface area contributed by atoms with Gasteiger partial charge in [-0.25, -0.2) is 0 Å². The zero-order valence-corrected chi connectivity index (χ0v) is 22.9. The second kappa shape index (κ2) is 18.8. The van der Waals surface area contributed by atoms with Crippen LogP contribution < -0.4 is 0 Å². The van der Waals surface area contributed by atoms with Crippen LogP contribution in [0.25, 0.3) is 0 Å². The Morgan fingerprint density at radius 3 is 1.53 bits per heavy atom. The fourth-order valence-electron chi connectivity index (χ4n) is 3.26. The van der Waals surface area contributed by atoms with E-state index in [0.29, 0.717) is 13.0 Å². The molecule has 0 aromatic heterocycles. The van der Waals surface area contributed by atoms with Gasteiger partial charge < -0.3 is 9.62 Å². The highest BCUT2D eigenvalue weighted by Gasteiger charge is 2.31. The van der Waals surface area contributed by atoms with Gasteiger partial charge in [0.2, 0.25) is 0 Å². The summed E-state index contributed by atoms with van der Waals surface area (Å²) >= 11 is 0. The number of carbonyl (C=O) groups excluding carboxylic acids is 1. The van der Waals surface area contributed by atoms with Crippen LogP contribution in [0.2, 0.25) is 0 Å². The van der Waals surface area contributed by atoms with Gasteiger partial charge in [0.05, 0.1) is 24.7 Å². The largest absolute Gasteiger partial charge is 0.465 e. The maximum atomic E-state index is 12.2. The molecule has 36 heavy (non-hydrogen) atoms. The van der Waals surface area contributed by atoms with Crippen LogP contribution in [0.4, 0.5) is 13.2 Å². The van der Waals surface area contributed by atoms with Crippen LogP contribution in [0.3, 0.4) is 0 Å². The lowest BCUT2D eigenvalue weighted by atomic mass is 9.91. The molecule has 11 heteroatoms. The minimum atomic E-state index is -5.15. The quantitative estimate of drug-likeness (QED) is 0.0371. The van der Waals surface area contributed by atoms with E-state index in [1.54, 1.807) is 0 Å². The standard InChI is InChI=1S/C25H45F3O7S/c1-4-24(2,3)23(29)33-19-17-15-13-11-9-7-5-6-8-10-12-14-16-18-20-34-35-22(36(30,31)32)21-25(26,27)28/h21H,4-20H2,1-3H3,(H,30,31,32). The van der Waals surface area contributed by atoms with Crippen molar-refractivity contribution in [2.24, 2.45) is 5.41 Å². The molecule has 0 aromatic carbocycles. The summed E-state index contributed by atoms with van der Waals surface area (Å²) < 4.78 is 72.4. The minimum Gasteiger partial charge on any atom is -0.465 e. The monoisotopic (exact) mass is 546 g/mol. The van der Waals surface area contributed by atoms with Crippen molar-refractivity contribution in [1.29, 1.82) is 0 Å². The number of hydrogen-bond donors (Lipinski definition) is 1. The molecular weight excluding hydrogens is 501 g/mol. The lowest BCUT2D eigenvalue weighted by molar-refractivity contribution is -0.256. The number of hydrogen-bond acceptors (Lipinski definition) is 6. The number of carbonyl (C=O) groups is 1. The molecular formula is C25H45F3O7S. The van der Waals surface area contributed by atoms with Gasteiger partial charge in [-0.1, -0.05) is 84.0 Å². The molecule has 0 fully saturated rings. The third-order valence-corrected chi connectivity index (χ3v) is 6.66. The van der Waals surface area contributed by atoms with Gasteiger partial charge >= 0.3 is 22.3 Å². The fourth-order valence-corrected chi connectivity index (χ4v) is 3.68. The van der Waals surface area contributed by atoms with Crippen molar-refractivity contribution in [1.82, 2.24) is 0 Å². The molecule has 0 amide bonds. The highest BCUT2D eigenvalue weighted by atomic mass is 32.2. The first-order valence-corrected chi connectivity index (χ1v) is 14.5. The number of rotatable bonds is 22. The number of esters is 1. The Bertz CT molecular complexity index is 720. The SMILES string of the molecule is CCC(C)(C)C(=O)OCCCCCCCCCCCCCCCCOOC(=CC(F)(F)F)S(=O)(=O)O. The van der Waals surface area contributed by atoms with Crippen LogP contribution in [0.15, 0.2) is 11.2 Å². The van der Waals surface area contributed by atoms with Crippen LogP contribution in [0.5, 0.6) is 0 Å². The molecule has 0 spiro atoms. The predicted molar refractivity (Wildman–Crippen MR) is 132 cm³/mol. The number of ether oxygens (including phenoxy) is 1. The molecule has 0 aliphatic heterocycles. The minimum absolute atomic E-state index is 0.0765. The second-order valence-electron chi connectivity index (χ2n) is 9.71. The van der Waals surface area contributed by atoms with Gasteiger partial charge in [0.25, 0.3) is 5.09 Å². The van der Waals surface area contributed by atoms with Crippen molar-refractivity contribution in [2.45, 2.75) is 123 Å². The van der Waals surface area contributed by atoms with E-state index >= 15 is 0 Å². The molecule has 1 N–H and O–H groups in total. The Labute approximate surface area is 214 Å². The van der Waals surface area contributed by atoms with Gasteiger partial charge in [0, 0.05) is 0 Å². The lowest BCUT2D eigenvalue weighted by Crippen LogP contribution is -2.26. The van der Waals surface area contributed by atoms with E-state index < -0.39 is 32.9 Å². The summed E-state index contributed by atoms with van der Waals surface area (Å²) in [5, 5.41) is -1.68. The highest BCUT2D eigenvalue weighted by molar-refractivity contribution is 7.89. The third kappa shape index (κ3) is 19.8. The average Bonchev–Trinajstić information content (AvgIpc) is 2.78. The number of alkyl halides is 3. The summed E-state index contributed by atoms with van der Waals surface area (Å²) in [6.07, 6.45) is 9.96. The van der Waals surface area contributed by atoms with Crippen LogP contribution in [0, 0.1) is 5.41 Å². The topological polar surface area (TPSA) is 99.1 Å². The van der Waals surface area contributed by atoms with Gasteiger partial charge in [-0.2, -0.15) is 26.5 Å². The Morgan fingerprint density at radius 1 is 0.778 bits per heavy atom. The smallest absolute Gasteiger partial charge is 0.414 e. The molecule has 0 saturated carbocycles. The van der Waals surface area contributed by atoms with E-state index in [2.05, 4.69) is 9.78 Å². The van der Waals surface area contributed by atoms with E-state index in [9.17, 15) is 26.4 Å². The van der Waals surface area contributed by atoms with E-state index in [0.717, 1.165) is 44.9 Å². The molecule has 0 aliphatic carbocycles. The molecule has 0 rings (SSSR count). The molecule has 0 heterocycles. The number of allylic oxidation sites excluding steroid dienone is 1. The van der Waals surface area contributed by atoms with Crippen molar-refractivity contribution in [2.75, 3.05) is 13.2 Å². The van der Waals surface area contributed by atoms with Crippen molar-refractivity contribution in [3.05, 3.63) is 11.2 Å². The highest BCUT2D eigenvalue weighted by Crippen LogP contribution is 2.22. The van der Waals surface area contributed by atoms with Gasteiger partial charge in [-0.3, -0.25) is 9.35 Å². The van der Waals surface area contributed by atoms with Crippen molar-refractivity contribution < 1.29 is 45.4 Å². The van der Waals surface area contributed by atoms with Crippen molar-refractivity contribution >= 4 is 16.1 Å². The zero-order valence-electron chi connectivity index (χ0n) is 22.0. The maximum absolute atomic E-state index is 12.2. The van der Waals surface area contributed by atoms with Crippen LogP contribution >= 0.6 is 0 Å². The van der Waals surface area contributed by atoms with Crippen molar-refractivity contribution in [3.63, 3.8) is 0 Å². The predicted octanol–water partition coefficient (Wildman–Crippen LogP) is 7.67. The molecule has 214 valence electrons. The molecule has 7 nitrogen and oxygen atoms in total. The molecule has 0 aliphatic rings. The Kier molecular flexibility index (Phi) is 18.1. The fraction of sp³-hybridized carbons (Fsp3) is 0.880. The van der Waals surface area contributed by atoms with E-state index in [1.165, 1.54) is 44.9 Å². The average molecular weight is 547 g/mol. The Balaban J connectivity index is 3.48. The third-order valence-electron chi connectivity index (χ3n) is 5.97. The summed E-state index contributed by atoms with van der Waals surface area (Å²) in [5.41, 5.74) is -0.395. The summed E-state index contributed by atoms with van der Waals surface area (Å²) in [7, 11) is -5.15. The first-order chi connectivity index (χ1) is 16.8. The molecule has 0 bridgehead atoms. The summed E-state index contributed by atoms with van der Waals surface area (Å²) in [5.74, 6) is -0.110. The number of unbranched alkanes of at least 4 members (excludes halogenated alkanes) is 13.